The summed E-state index contributed by atoms with van der Waals surface area (Å²) < 4.78 is 19.9. The largest absolute Gasteiger partial charge is 0.458 e. The van der Waals surface area contributed by atoms with Crippen molar-refractivity contribution in [2.24, 2.45) is 5.92 Å². The molecule has 1 aromatic heterocycles. The number of Topliss-reactive ketones (excluding diaryl/α,β-unsaturated/α-hetero) is 1. The van der Waals surface area contributed by atoms with Crippen molar-refractivity contribution in [3.8, 4) is 0 Å². The maximum Gasteiger partial charge on any atom is 0.343 e. The van der Waals surface area contributed by atoms with Crippen molar-refractivity contribution in [3.63, 3.8) is 0 Å². The van der Waals surface area contributed by atoms with Gasteiger partial charge in [-0.1, -0.05) is 6.92 Å². The molecule has 6 rings (SSSR count). The van der Waals surface area contributed by atoms with E-state index in [2.05, 4.69) is 0 Å². The summed E-state index contributed by atoms with van der Waals surface area (Å²) in [6.45, 7) is 3.25. The zero-order valence-electron chi connectivity index (χ0n) is 18.5. The number of ether oxygens (including phenoxy) is 1. The number of nitrogens with zero attached hydrogens (tertiary/aromatic N) is 1. The number of benzene rings is 1. The number of aromatic nitrogens is 1. The van der Waals surface area contributed by atoms with Gasteiger partial charge in [-0.15, -0.1) is 0 Å². The molecule has 2 heterocycles. The van der Waals surface area contributed by atoms with Crippen LogP contribution in [-0.4, -0.2) is 45.8 Å². The Balaban J connectivity index is 1.65. The van der Waals surface area contributed by atoms with Crippen LogP contribution in [0.1, 0.15) is 53.6 Å². The smallest absolute Gasteiger partial charge is 0.343 e. The third kappa shape index (κ3) is 2.52. The average molecular weight is 449 g/mol. The van der Waals surface area contributed by atoms with Gasteiger partial charge in [0.15, 0.2) is 11.4 Å². The zero-order chi connectivity index (χ0) is 23.2. The van der Waals surface area contributed by atoms with Gasteiger partial charge in [0.2, 0.25) is 0 Å². The molecular weight excluding hydrogens is 425 g/mol. The van der Waals surface area contributed by atoms with Gasteiger partial charge >= 0.3 is 5.97 Å². The fourth-order valence-electron chi connectivity index (χ4n) is 6.18. The highest BCUT2D eigenvalue weighted by molar-refractivity contribution is 6.12. The van der Waals surface area contributed by atoms with E-state index >= 15 is 0 Å². The van der Waals surface area contributed by atoms with Crippen LogP contribution in [0.15, 0.2) is 23.3 Å². The lowest BCUT2D eigenvalue weighted by Crippen LogP contribution is -2.48. The number of aryl methyl sites for hydroxylation is 1. The molecule has 170 valence electrons. The van der Waals surface area contributed by atoms with Gasteiger partial charge < -0.3 is 14.9 Å². The summed E-state index contributed by atoms with van der Waals surface area (Å²) in [6.07, 6.45) is 3.60. The lowest BCUT2D eigenvalue weighted by Gasteiger charge is -2.35. The highest BCUT2D eigenvalue weighted by Crippen LogP contribution is 2.51. The second-order valence-corrected chi connectivity index (χ2v) is 9.53. The number of aliphatic hydroxyl groups is 2. The lowest BCUT2D eigenvalue weighted by atomic mass is 9.75. The van der Waals surface area contributed by atoms with E-state index in [1.807, 2.05) is 0 Å². The van der Waals surface area contributed by atoms with E-state index in [1.165, 1.54) is 6.07 Å². The van der Waals surface area contributed by atoms with E-state index in [1.54, 1.807) is 19.9 Å². The summed E-state index contributed by atoms with van der Waals surface area (Å²) in [5, 5.41) is 22.1. The number of carbonyl (C=O) groups excluding carboxylic acids is 2. The van der Waals surface area contributed by atoms with Crippen LogP contribution in [0.5, 0.6) is 0 Å². The molecular formula is C26H24FNO5. The normalized spacial score (nSPS) is 27.8. The predicted octanol–water partition coefficient (Wildman–Crippen LogP) is 2.84. The molecule has 0 fully saturated rings. The SMILES string of the molecule is CC[C@@]1(O)C(=O)OCC2=C1C=C1c3nc4cc(F)c(C)c5c4c(c3CC1C2=O)[C@@H](CO)CC5. The highest BCUT2D eigenvalue weighted by atomic mass is 19.1. The van der Waals surface area contributed by atoms with Crippen LogP contribution in [0.3, 0.4) is 0 Å². The van der Waals surface area contributed by atoms with Crippen LogP contribution in [0.4, 0.5) is 4.39 Å². The Hall–Kier alpha value is -2.90. The molecule has 0 spiro atoms. The number of hydrogen-bond donors (Lipinski definition) is 2. The molecule has 1 aliphatic heterocycles. The summed E-state index contributed by atoms with van der Waals surface area (Å²) in [5.41, 5.74) is 3.91. The Morgan fingerprint density at radius 1 is 1.30 bits per heavy atom. The molecule has 7 heteroatoms. The van der Waals surface area contributed by atoms with Crippen LogP contribution < -0.4 is 0 Å². The van der Waals surface area contributed by atoms with Crippen LogP contribution >= 0.6 is 0 Å². The van der Waals surface area contributed by atoms with E-state index < -0.39 is 17.5 Å². The number of aliphatic hydroxyl groups excluding tert-OH is 1. The van der Waals surface area contributed by atoms with Crippen molar-refractivity contribution >= 4 is 28.2 Å². The molecule has 1 unspecified atom stereocenters. The van der Waals surface area contributed by atoms with E-state index in [4.69, 9.17) is 9.72 Å². The van der Waals surface area contributed by atoms with Crippen molar-refractivity contribution in [1.29, 1.82) is 0 Å². The van der Waals surface area contributed by atoms with E-state index in [9.17, 15) is 24.2 Å². The first-order chi connectivity index (χ1) is 15.8. The first-order valence-electron chi connectivity index (χ1n) is 11.4. The lowest BCUT2D eigenvalue weighted by molar-refractivity contribution is -0.163. The molecule has 2 aromatic rings. The molecule has 0 bridgehead atoms. The molecule has 0 saturated heterocycles. The fourth-order valence-corrected chi connectivity index (χ4v) is 6.18. The Kier molecular flexibility index (Phi) is 4.27. The average Bonchev–Trinajstić information content (AvgIpc) is 3.18. The van der Waals surface area contributed by atoms with Crippen LogP contribution in [0.25, 0.3) is 16.5 Å². The topological polar surface area (TPSA) is 96.7 Å². The van der Waals surface area contributed by atoms with Gasteiger partial charge in [0.05, 0.1) is 17.1 Å². The van der Waals surface area contributed by atoms with Gasteiger partial charge in [-0.2, -0.15) is 0 Å². The highest BCUT2D eigenvalue weighted by Gasteiger charge is 2.50. The van der Waals surface area contributed by atoms with E-state index in [0.29, 0.717) is 47.2 Å². The molecule has 2 N–H and O–H groups in total. The van der Waals surface area contributed by atoms with Crippen LogP contribution in [-0.2, 0) is 27.2 Å². The minimum atomic E-state index is -1.88. The number of esters is 1. The molecule has 0 radical (unpaired) electrons. The number of fused-ring (bicyclic) bond motifs is 4. The number of halogens is 1. The second-order valence-electron chi connectivity index (χ2n) is 9.53. The van der Waals surface area contributed by atoms with Crippen molar-refractivity contribution in [3.05, 3.63) is 57.1 Å². The molecule has 1 aromatic carbocycles. The first kappa shape index (κ1) is 20.7. The Morgan fingerprint density at radius 2 is 2.09 bits per heavy atom. The fraction of sp³-hybridized carbons (Fsp3) is 0.423. The quantitative estimate of drug-likeness (QED) is 0.685. The maximum atomic E-state index is 14.7. The molecule has 6 nitrogen and oxygen atoms in total. The Bertz CT molecular complexity index is 1360. The monoisotopic (exact) mass is 449 g/mol. The number of rotatable bonds is 2. The first-order valence-corrected chi connectivity index (χ1v) is 11.4. The molecule has 0 saturated carbocycles. The van der Waals surface area contributed by atoms with Crippen molar-refractivity contribution in [2.75, 3.05) is 13.2 Å². The van der Waals surface area contributed by atoms with Gasteiger partial charge in [0.25, 0.3) is 0 Å². The Labute approximate surface area is 189 Å². The van der Waals surface area contributed by atoms with Crippen molar-refractivity contribution in [2.45, 2.75) is 51.0 Å². The van der Waals surface area contributed by atoms with Crippen molar-refractivity contribution < 1.29 is 28.9 Å². The van der Waals surface area contributed by atoms with Gasteiger partial charge in [-0.3, -0.25) is 4.79 Å². The third-order valence-electron chi connectivity index (χ3n) is 8.05. The molecule has 3 aliphatic carbocycles. The van der Waals surface area contributed by atoms with Crippen LogP contribution in [0, 0.1) is 18.7 Å². The maximum absolute atomic E-state index is 14.7. The predicted molar refractivity (Wildman–Crippen MR) is 118 cm³/mol. The van der Waals surface area contributed by atoms with E-state index in [0.717, 1.165) is 22.1 Å². The number of allylic oxidation sites excluding steroid dienone is 1. The Morgan fingerprint density at radius 3 is 2.82 bits per heavy atom. The minimum absolute atomic E-state index is 0.0360. The number of hydrogen-bond acceptors (Lipinski definition) is 6. The number of cyclic esters (lactones) is 1. The van der Waals surface area contributed by atoms with Crippen molar-refractivity contribution in [1.82, 2.24) is 4.98 Å². The number of carbonyl (C=O) groups is 2. The summed E-state index contributed by atoms with van der Waals surface area (Å²) in [5.74, 6) is -1.85. The molecule has 4 aliphatic rings. The molecule has 3 atom stereocenters. The molecule has 0 amide bonds. The summed E-state index contributed by atoms with van der Waals surface area (Å²) in [4.78, 5) is 30.7. The second kappa shape index (κ2) is 6.81. The minimum Gasteiger partial charge on any atom is -0.458 e. The van der Waals surface area contributed by atoms with Gasteiger partial charge in [-0.25, -0.2) is 14.2 Å². The van der Waals surface area contributed by atoms with E-state index in [-0.39, 0.29) is 42.7 Å². The number of pyridine rings is 1. The molecule has 33 heavy (non-hydrogen) atoms. The summed E-state index contributed by atoms with van der Waals surface area (Å²) >= 11 is 0. The van der Waals surface area contributed by atoms with Gasteiger partial charge in [-0.05, 0) is 66.5 Å². The van der Waals surface area contributed by atoms with Gasteiger partial charge in [0.1, 0.15) is 12.4 Å². The summed E-state index contributed by atoms with van der Waals surface area (Å²) in [6, 6.07) is 1.43. The third-order valence-corrected chi connectivity index (χ3v) is 8.05. The standard InChI is InChI=1S/C26H24FNO5/c1-3-26(32)18-7-14-15(24(30)17(18)10-33-25(26)31)6-16-21-12(9-29)4-5-13-11(2)19(27)8-20(22(13)21)28-23(14)16/h7-8,12,15,29,32H,3-6,9-10H2,1-2H3/t12-,15?,26+/m1/s1. The number of ketones is 1. The summed E-state index contributed by atoms with van der Waals surface area (Å²) in [7, 11) is 0. The van der Waals surface area contributed by atoms with Crippen LogP contribution in [0.2, 0.25) is 0 Å². The van der Waals surface area contributed by atoms with Gasteiger partial charge in [0, 0.05) is 35.1 Å². The zero-order valence-corrected chi connectivity index (χ0v) is 18.5.